The molecule has 1 aromatic carbocycles. The van der Waals surface area contributed by atoms with Crippen LogP contribution in [0, 0.1) is 0 Å². The summed E-state index contributed by atoms with van der Waals surface area (Å²) in [5.41, 5.74) is 6.97. The first-order chi connectivity index (χ1) is 6.63. The molecule has 2 N–H and O–H groups in total. The van der Waals surface area contributed by atoms with E-state index in [4.69, 9.17) is 10.5 Å². The number of hydrogen-bond acceptors (Lipinski definition) is 2. The van der Waals surface area contributed by atoms with Gasteiger partial charge in [0.05, 0.1) is 11.6 Å². The molecule has 0 saturated carbocycles. The number of halogens is 1. The SMILES string of the molecule is COc1cc(CCC(C)N)ccc1Br. The highest BCUT2D eigenvalue weighted by molar-refractivity contribution is 9.10. The van der Waals surface area contributed by atoms with E-state index in [1.54, 1.807) is 7.11 Å². The van der Waals surface area contributed by atoms with E-state index in [1.807, 2.05) is 19.1 Å². The van der Waals surface area contributed by atoms with E-state index in [0.717, 1.165) is 23.1 Å². The normalized spacial score (nSPS) is 12.6. The van der Waals surface area contributed by atoms with E-state index in [9.17, 15) is 0 Å². The Balaban J connectivity index is 2.69. The average molecular weight is 258 g/mol. The summed E-state index contributed by atoms with van der Waals surface area (Å²) in [5, 5.41) is 0. The van der Waals surface area contributed by atoms with Gasteiger partial charge in [-0.2, -0.15) is 0 Å². The van der Waals surface area contributed by atoms with Crippen LogP contribution in [-0.4, -0.2) is 13.2 Å². The second-order valence-electron chi connectivity index (χ2n) is 3.48. The van der Waals surface area contributed by atoms with Crippen LogP contribution in [-0.2, 0) is 6.42 Å². The van der Waals surface area contributed by atoms with E-state index >= 15 is 0 Å². The van der Waals surface area contributed by atoms with Crippen LogP contribution >= 0.6 is 15.9 Å². The quantitative estimate of drug-likeness (QED) is 0.901. The van der Waals surface area contributed by atoms with Crippen LogP contribution in [0.1, 0.15) is 18.9 Å². The molecule has 0 saturated heterocycles. The lowest BCUT2D eigenvalue weighted by Gasteiger charge is -2.08. The Morgan fingerprint density at radius 3 is 2.79 bits per heavy atom. The van der Waals surface area contributed by atoms with E-state index in [0.29, 0.717) is 0 Å². The second-order valence-corrected chi connectivity index (χ2v) is 4.34. The van der Waals surface area contributed by atoms with Crippen LogP contribution in [0.25, 0.3) is 0 Å². The third-order valence-corrected chi connectivity index (χ3v) is 2.76. The molecule has 0 aliphatic rings. The molecule has 3 heteroatoms. The van der Waals surface area contributed by atoms with E-state index in [-0.39, 0.29) is 6.04 Å². The van der Waals surface area contributed by atoms with Crippen LogP contribution in [0.15, 0.2) is 22.7 Å². The zero-order chi connectivity index (χ0) is 10.6. The van der Waals surface area contributed by atoms with Crippen molar-refractivity contribution in [2.75, 3.05) is 7.11 Å². The third-order valence-electron chi connectivity index (χ3n) is 2.10. The van der Waals surface area contributed by atoms with Crippen molar-refractivity contribution in [2.24, 2.45) is 5.73 Å². The Kier molecular flexibility index (Phi) is 4.42. The van der Waals surface area contributed by atoms with Crippen molar-refractivity contribution < 1.29 is 4.74 Å². The van der Waals surface area contributed by atoms with Crippen molar-refractivity contribution in [1.29, 1.82) is 0 Å². The molecule has 0 amide bonds. The smallest absolute Gasteiger partial charge is 0.133 e. The van der Waals surface area contributed by atoms with Crippen molar-refractivity contribution in [3.63, 3.8) is 0 Å². The molecule has 0 spiro atoms. The molecule has 0 aliphatic heterocycles. The number of rotatable bonds is 4. The minimum atomic E-state index is 0.254. The van der Waals surface area contributed by atoms with Crippen molar-refractivity contribution >= 4 is 15.9 Å². The van der Waals surface area contributed by atoms with Gasteiger partial charge in [-0.25, -0.2) is 0 Å². The summed E-state index contributed by atoms with van der Waals surface area (Å²) in [5.74, 6) is 0.882. The highest BCUT2D eigenvalue weighted by Crippen LogP contribution is 2.26. The van der Waals surface area contributed by atoms with Crippen LogP contribution in [0.5, 0.6) is 5.75 Å². The first-order valence-electron chi connectivity index (χ1n) is 4.71. The molecule has 14 heavy (non-hydrogen) atoms. The van der Waals surface area contributed by atoms with Crippen molar-refractivity contribution in [2.45, 2.75) is 25.8 Å². The zero-order valence-corrected chi connectivity index (χ0v) is 10.2. The lowest BCUT2D eigenvalue weighted by atomic mass is 10.1. The Bertz CT molecular complexity index is 299. The number of nitrogens with two attached hydrogens (primary N) is 1. The second kappa shape index (κ2) is 5.37. The summed E-state index contributed by atoms with van der Waals surface area (Å²) >= 11 is 3.42. The van der Waals surface area contributed by atoms with Crippen LogP contribution in [0.4, 0.5) is 0 Å². The summed E-state index contributed by atoms with van der Waals surface area (Å²) in [6.45, 7) is 2.02. The van der Waals surface area contributed by atoms with Gasteiger partial charge in [0.2, 0.25) is 0 Å². The average Bonchev–Trinajstić information content (AvgIpc) is 2.16. The van der Waals surface area contributed by atoms with Gasteiger partial charge in [0, 0.05) is 6.04 Å². The standard InChI is InChI=1S/C11H16BrNO/c1-8(13)3-4-9-5-6-10(12)11(7-9)14-2/h5-8H,3-4,13H2,1-2H3. The van der Waals surface area contributed by atoms with Crippen molar-refractivity contribution in [1.82, 2.24) is 0 Å². The summed E-state index contributed by atoms with van der Waals surface area (Å²) < 4.78 is 6.20. The predicted octanol–water partition coefficient (Wildman–Crippen LogP) is 2.74. The largest absolute Gasteiger partial charge is 0.496 e. The summed E-state index contributed by atoms with van der Waals surface area (Å²) in [4.78, 5) is 0. The molecular weight excluding hydrogens is 242 g/mol. The molecule has 0 radical (unpaired) electrons. The van der Waals surface area contributed by atoms with E-state index in [2.05, 4.69) is 22.0 Å². The van der Waals surface area contributed by atoms with E-state index < -0.39 is 0 Å². The molecular formula is C11H16BrNO. The van der Waals surface area contributed by atoms with Crippen LogP contribution in [0.3, 0.4) is 0 Å². The minimum Gasteiger partial charge on any atom is -0.496 e. The summed E-state index contributed by atoms with van der Waals surface area (Å²) in [7, 11) is 1.68. The van der Waals surface area contributed by atoms with Gasteiger partial charge in [-0.3, -0.25) is 0 Å². The molecule has 78 valence electrons. The topological polar surface area (TPSA) is 35.2 Å². The third kappa shape index (κ3) is 3.31. The molecule has 0 aromatic heterocycles. The summed E-state index contributed by atoms with van der Waals surface area (Å²) in [6, 6.07) is 6.40. The molecule has 0 aliphatic carbocycles. The number of methoxy groups -OCH3 is 1. The molecule has 1 atom stereocenters. The minimum absolute atomic E-state index is 0.254. The van der Waals surface area contributed by atoms with E-state index in [1.165, 1.54) is 5.56 Å². The van der Waals surface area contributed by atoms with Gasteiger partial charge < -0.3 is 10.5 Å². The molecule has 1 rings (SSSR count). The summed E-state index contributed by atoms with van der Waals surface area (Å²) in [6.07, 6.45) is 2.01. The number of benzene rings is 1. The van der Waals surface area contributed by atoms with Gasteiger partial charge in [-0.1, -0.05) is 6.07 Å². The lowest BCUT2D eigenvalue weighted by molar-refractivity contribution is 0.411. The number of hydrogen-bond donors (Lipinski definition) is 1. The zero-order valence-electron chi connectivity index (χ0n) is 8.59. The molecule has 1 unspecified atom stereocenters. The molecule has 2 nitrogen and oxygen atoms in total. The van der Waals surface area contributed by atoms with Gasteiger partial charge in [-0.05, 0) is 53.4 Å². The maximum Gasteiger partial charge on any atom is 0.133 e. The van der Waals surface area contributed by atoms with Gasteiger partial charge in [-0.15, -0.1) is 0 Å². The Labute approximate surface area is 93.6 Å². The molecule has 1 aromatic rings. The maximum atomic E-state index is 5.70. The molecule has 0 fully saturated rings. The van der Waals surface area contributed by atoms with Crippen molar-refractivity contribution in [3.8, 4) is 5.75 Å². The fourth-order valence-electron chi connectivity index (χ4n) is 1.25. The monoisotopic (exact) mass is 257 g/mol. The van der Waals surface area contributed by atoms with Crippen LogP contribution < -0.4 is 10.5 Å². The Hall–Kier alpha value is -0.540. The van der Waals surface area contributed by atoms with Gasteiger partial charge in [0.15, 0.2) is 0 Å². The molecule has 0 bridgehead atoms. The predicted molar refractivity (Wildman–Crippen MR) is 62.7 cm³/mol. The Morgan fingerprint density at radius 2 is 2.21 bits per heavy atom. The van der Waals surface area contributed by atoms with Gasteiger partial charge >= 0.3 is 0 Å². The van der Waals surface area contributed by atoms with Gasteiger partial charge in [0.1, 0.15) is 5.75 Å². The first kappa shape index (κ1) is 11.5. The van der Waals surface area contributed by atoms with Crippen LogP contribution in [0.2, 0.25) is 0 Å². The first-order valence-corrected chi connectivity index (χ1v) is 5.50. The Morgan fingerprint density at radius 1 is 1.50 bits per heavy atom. The highest BCUT2D eigenvalue weighted by atomic mass is 79.9. The number of ether oxygens (including phenoxy) is 1. The van der Waals surface area contributed by atoms with Gasteiger partial charge in [0.25, 0.3) is 0 Å². The molecule has 0 heterocycles. The lowest BCUT2D eigenvalue weighted by Crippen LogP contribution is -2.15. The highest BCUT2D eigenvalue weighted by Gasteiger charge is 2.02. The fraction of sp³-hybridized carbons (Fsp3) is 0.455. The fourth-order valence-corrected chi connectivity index (χ4v) is 1.66. The number of aryl methyl sites for hydroxylation is 1. The maximum absolute atomic E-state index is 5.70. The van der Waals surface area contributed by atoms with Crippen molar-refractivity contribution in [3.05, 3.63) is 28.2 Å².